The Morgan fingerprint density at radius 1 is 1.55 bits per heavy atom. The van der Waals surface area contributed by atoms with Crippen LogP contribution < -0.4 is 5.32 Å². The molecule has 0 aromatic carbocycles. The van der Waals surface area contributed by atoms with Gasteiger partial charge in [0.1, 0.15) is 12.0 Å². The second-order valence-electron chi connectivity index (χ2n) is 5.63. The van der Waals surface area contributed by atoms with Crippen molar-refractivity contribution in [1.82, 2.24) is 4.98 Å². The zero-order valence-corrected chi connectivity index (χ0v) is 12.1. The first-order valence-electron chi connectivity index (χ1n) is 6.96. The molecule has 20 heavy (non-hydrogen) atoms. The smallest absolute Gasteiger partial charge is 0.290 e. The molecule has 0 aliphatic carbocycles. The Bertz CT molecular complexity index is 491. The summed E-state index contributed by atoms with van der Waals surface area (Å²) in [5.74, 6) is 1.19. The van der Waals surface area contributed by atoms with Gasteiger partial charge >= 0.3 is 0 Å². The van der Waals surface area contributed by atoms with Gasteiger partial charge in [-0.15, -0.1) is 0 Å². The number of ether oxygens (including phenoxy) is 1. The third-order valence-corrected chi connectivity index (χ3v) is 3.69. The highest BCUT2D eigenvalue weighted by atomic mass is 16.6. The van der Waals surface area contributed by atoms with Gasteiger partial charge in [0.15, 0.2) is 0 Å². The van der Waals surface area contributed by atoms with E-state index in [4.69, 9.17) is 4.74 Å². The van der Waals surface area contributed by atoms with E-state index in [1.807, 2.05) is 0 Å². The average Bonchev–Trinajstić information content (AvgIpc) is 2.38. The number of hydrogen-bond acceptors (Lipinski definition) is 5. The van der Waals surface area contributed by atoms with Crippen LogP contribution in [0.1, 0.15) is 32.3 Å². The van der Waals surface area contributed by atoms with Crippen LogP contribution in [-0.4, -0.2) is 28.7 Å². The maximum atomic E-state index is 10.8. The molecule has 2 atom stereocenters. The zero-order chi connectivity index (χ0) is 14.7. The lowest BCUT2D eigenvalue weighted by Gasteiger charge is -2.32. The van der Waals surface area contributed by atoms with Crippen molar-refractivity contribution in [2.24, 2.45) is 5.92 Å². The molecule has 1 aromatic rings. The molecule has 6 nitrogen and oxygen atoms in total. The number of aromatic nitrogens is 1. The van der Waals surface area contributed by atoms with Crippen LogP contribution in [0, 0.1) is 23.0 Å². The van der Waals surface area contributed by atoms with Crippen LogP contribution in [0.4, 0.5) is 11.5 Å². The molecule has 110 valence electrons. The fourth-order valence-electron chi connectivity index (χ4n) is 2.45. The Kier molecular flexibility index (Phi) is 4.54. The second kappa shape index (κ2) is 6.17. The van der Waals surface area contributed by atoms with E-state index in [0.717, 1.165) is 19.4 Å². The molecular formula is C14H21N3O3. The number of pyridine rings is 1. The van der Waals surface area contributed by atoms with Crippen molar-refractivity contribution in [3.05, 3.63) is 27.9 Å². The molecule has 0 spiro atoms. The Balaban J connectivity index is 2.03. The highest BCUT2D eigenvalue weighted by Crippen LogP contribution is 2.24. The van der Waals surface area contributed by atoms with Gasteiger partial charge in [-0.2, -0.15) is 0 Å². The highest BCUT2D eigenvalue weighted by Gasteiger charge is 2.25. The third-order valence-electron chi connectivity index (χ3n) is 3.69. The molecule has 1 aliphatic rings. The van der Waals surface area contributed by atoms with Crippen molar-refractivity contribution in [3.8, 4) is 0 Å². The number of hydrogen-bond donors (Lipinski definition) is 1. The van der Waals surface area contributed by atoms with E-state index < -0.39 is 4.92 Å². The molecule has 2 heterocycles. The van der Waals surface area contributed by atoms with Gasteiger partial charge < -0.3 is 10.1 Å². The largest absolute Gasteiger partial charge is 0.378 e. The quantitative estimate of drug-likeness (QED) is 0.677. The lowest BCUT2D eigenvalue weighted by molar-refractivity contribution is -0.385. The van der Waals surface area contributed by atoms with Crippen LogP contribution in [0.25, 0.3) is 0 Å². The van der Waals surface area contributed by atoms with Gasteiger partial charge in [0.05, 0.1) is 11.0 Å². The summed E-state index contributed by atoms with van der Waals surface area (Å²) in [6.07, 6.45) is 3.45. The highest BCUT2D eigenvalue weighted by molar-refractivity contribution is 5.47. The molecule has 0 bridgehead atoms. The van der Waals surface area contributed by atoms with E-state index in [1.54, 1.807) is 13.0 Å². The first-order valence-corrected chi connectivity index (χ1v) is 6.96. The Morgan fingerprint density at radius 3 is 2.90 bits per heavy atom. The minimum Gasteiger partial charge on any atom is -0.378 e. The summed E-state index contributed by atoms with van der Waals surface area (Å²) in [6, 6.07) is 2.04. The monoisotopic (exact) mass is 279 g/mol. The van der Waals surface area contributed by atoms with Gasteiger partial charge in [-0.1, -0.05) is 13.8 Å². The SMILES string of the molecule is Cc1cc(N[C@H]2CCO[C@H](C(C)C)C2)ncc1[N+](=O)[O-]. The minimum absolute atomic E-state index is 0.0579. The zero-order valence-electron chi connectivity index (χ0n) is 12.1. The van der Waals surface area contributed by atoms with E-state index in [0.29, 0.717) is 23.3 Å². The summed E-state index contributed by atoms with van der Waals surface area (Å²) in [7, 11) is 0. The summed E-state index contributed by atoms with van der Waals surface area (Å²) in [5, 5.41) is 14.1. The van der Waals surface area contributed by atoms with Crippen molar-refractivity contribution < 1.29 is 9.66 Å². The predicted octanol–water partition coefficient (Wildman–Crippen LogP) is 2.91. The minimum atomic E-state index is -0.407. The van der Waals surface area contributed by atoms with E-state index in [2.05, 4.69) is 24.1 Å². The van der Waals surface area contributed by atoms with Crippen molar-refractivity contribution in [2.45, 2.75) is 45.8 Å². The molecule has 1 saturated heterocycles. The van der Waals surface area contributed by atoms with Gasteiger partial charge in [-0.25, -0.2) is 4.98 Å². The lowest BCUT2D eigenvalue weighted by Crippen LogP contribution is -2.36. The van der Waals surface area contributed by atoms with Crippen LogP contribution in [0.2, 0.25) is 0 Å². The summed E-state index contributed by atoms with van der Waals surface area (Å²) in [5.41, 5.74) is 0.683. The van der Waals surface area contributed by atoms with Crippen LogP contribution >= 0.6 is 0 Å². The normalized spacial score (nSPS) is 22.8. The molecule has 0 radical (unpaired) electrons. The maximum Gasteiger partial charge on any atom is 0.290 e. The Labute approximate surface area is 118 Å². The molecule has 0 unspecified atom stereocenters. The number of aryl methyl sites for hydroxylation is 1. The Hall–Kier alpha value is -1.69. The topological polar surface area (TPSA) is 77.3 Å². The van der Waals surface area contributed by atoms with Crippen molar-refractivity contribution >= 4 is 11.5 Å². The maximum absolute atomic E-state index is 10.8. The molecule has 0 saturated carbocycles. The van der Waals surface area contributed by atoms with Gasteiger partial charge in [-0.05, 0) is 31.7 Å². The molecule has 0 amide bonds. The van der Waals surface area contributed by atoms with Gasteiger partial charge in [0.25, 0.3) is 5.69 Å². The summed E-state index contributed by atoms with van der Waals surface area (Å²) < 4.78 is 5.73. The number of nitrogens with one attached hydrogen (secondary N) is 1. The van der Waals surface area contributed by atoms with Crippen LogP contribution in [-0.2, 0) is 4.74 Å². The number of rotatable bonds is 4. The fourth-order valence-corrected chi connectivity index (χ4v) is 2.45. The van der Waals surface area contributed by atoms with Crippen molar-refractivity contribution in [2.75, 3.05) is 11.9 Å². The first kappa shape index (κ1) is 14.7. The summed E-state index contributed by atoms with van der Waals surface area (Å²) in [6.45, 7) is 6.78. The van der Waals surface area contributed by atoms with Crippen molar-refractivity contribution in [1.29, 1.82) is 0 Å². The molecule has 6 heteroatoms. The first-order chi connectivity index (χ1) is 9.47. The summed E-state index contributed by atoms with van der Waals surface area (Å²) in [4.78, 5) is 14.5. The third kappa shape index (κ3) is 3.45. The molecule has 1 aliphatic heterocycles. The Morgan fingerprint density at radius 2 is 2.30 bits per heavy atom. The van der Waals surface area contributed by atoms with E-state index >= 15 is 0 Å². The standard InChI is InChI=1S/C14H21N3O3/c1-9(2)13-7-11(4-5-20-13)16-14-6-10(3)12(8-15-14)17(18)19/h6,8-9,11,13H,4-5,7H2,1-3H3,(H,15,16)/t11-,13-/m0/s1. The van der Waals surface area contributed by atoms with Crippen LogP contribution in [0.5, 0.6) is 0 Å². The van der Waals surface area contributed by atoms with Gasteiger partial charge in [0.2, 0.25) is 0 Å². The van der Waals surface area contributed by atoms with Gasteiger partial charge in [-0.3, -0.25) is 10.1 Å². The summed E-state index contributed by atoms with van der Waals surface area (Å²) >= 11 is 0. The van der Waals surface area contributed by atoms with E-state index in [-0.39, 0.29) is 11.8 Å². The number of nitrogens with zero attached hydrogens (tertiary/aromatic N) is 2. The number of anilines is 1. The van der Waals surface area contributed by atoms with E-state index in [9.17, 15) is 10.1 Å². The van der Waals surface area contributed by atoms with E-state index in [1.165, 1.54) is 6.20 Å². The second-order valence-corrected chi connectivity index (χ2v) is 5.63. The number of nitro groups is 1. The molecule has 2 rings (SSSR count). The molecule has 1 aromatic heterocycles. The van der Waals surface area contributed by atoms with Crippen LogP contribution in [0.3, 0.4) is 0 Å². The molecule has 1 N–H and O–H groups in total. The van der Waals surface area contributed by atoms with Gasteiger partial charge in [0, 0.05) is 18.2 Å². The molecular weight excluding hydrogens is 258 g/mol. The predicted molar refractivity (Wildman–Crippen MR) is 76.9 cm³/mol. The van der Waals surface area contributed by atoms with Crippen LogP contribution in [0.15, 0.2) is 12.3 Å². The van der Waals surface area contributed by atoms with Crippen molar-refractivity contribution in [3.63, 3.8) is 0 Å². The molecule has 1 fully saturated rings. The fraction of sp³-hybridized carbons (Fsp3) is 0.643. The lowest BCUT2D eigenvalue weighted by atomic mass is 9.95. The average molecular weight is 279 g/mol.